The topological polar surface area (TPSA) is 43.8 Å². The van der Waals surface area contributed by atoms with E-state index in [1.807, 2.05) is 10.6 Å². The molecule has 1 aromatic heterocycles. The summed E-state index contributed by atoms with van der Waals surface area (Å²) < 4.78 is 3.17. The number of halogens is 1. The van der Waals surface area contributed by atoms with E-state index in [2.05, 4.69) is 71.8 Å². The summed E-state index contributed by atoms with van der Waals surface area (Å²) in [5.41, 5.74) is 11.6. The van der Waals surface area contributed by atoms with Crippen molar-refractivity contribution in [1.29, 1.82) is 0 Å². The van der Waals surface area contributed by atoms with Gasteiger partial charge in [-0.3, -0.25) is 4.57 Å². The Morgan fingerprint density at radius 1 is 1.05 bits per heavy atom. The molecule has 0 saturated heterocycles. The molecule has 3 rings (SSSR count). The highest BCUT2D eigenvalue weighted by molar-refractivity contribution is 14.1. The van der Waals surface area contributed by atoms with E-state index in [1.54, 1.807) is 0 Å². The minimum absolute atomic E-state index is 0.530. The van der Waals surface area contributed by atoms with Crippen LogP contribution < -0.4 is 5.73 Å². The van der Waals surface area contributed by atoms with E-state index in [0.29, 0.717) is 5.95 Å². The number of nitrogen functional groups attached to an aromatic ring is 1. The van der Waals surface area contributed by atoms with Gasteiger partial charge in [0.1, 0.15) is 0 Å². The molecule has 2 N–H and O–H groups in total. The summed E-state index contributed by atoms with van der Waals surface area (Å²) >= 11 is 2.28. The Kier molecular flexibility index (Phi) is 2.97. The Morgan fingerprint density at radius 2 is 1.74 bits per heavy atom. The van der Waals surface area contributed by atoms with Gasteiger partial charge in [0.05, 0.1) is 11.0 Å². The van der Waals surface area contributed by atoms with Crippen LogP contribution in [0.25, 0.3) is 16.7 Å². The van der Waals surface area contributed by atoms with Crippen molar-refractivity contribution < 1.29 is 0 Å². The molecule has 3 nitrogen and oxygen atoms in total. The molecule has 0 radical (unpaired) electrons. The van der Waals surface area contributed by atoms with Gasteiger partial charge >= 0.3 is 0 Å². The molecule has 2 aromatic carbocycles. The van der Waals surface area contributed by atoms with Crippen LogP contribution in [0.5, 0.6) is 0 Å². The highest BCUT2D eigenvalue weighted by atomic mass is 127. The zero-order chi connectivity index (χ0) is 13.6. The quantitative estimate of drug-likeness (QED) is 0.668. The van der Waals surface area contributed by atoms with Crippen molar-refractivity contribution >= 4 is 39.6 Å². The van der Waals surface area contributed by atoms with Crippen LogP contribution in [0.2, 0.25) is 0 Å². The largest absolute Gasteiger partial charge is 0.369 e. The Balaban J connectivity index is 2.32. The zero-order valence-electron chi connectivity index (χ0n) is 10.8. The standard InChI is InChI=1S/C15H14IN3/c1-9-5-10(2)7-12(6-9)19-14-4-3-11(16)8-13(14)18-15(19)17/h3-8H,1-2H3,(H2,17,18). The fourth-order valence-corrected chi connectivity index (χ4v) is 2.90. The van der Waals surface area contributed by atoms with Crippen LogP contribution in [-0.4, -0.2) is 9.55 Å². The minimum atomic E-state index is 0.530. The summed E-state index contributed by atoms with van der Waals surface area (Å²) in [5.74, 6) is 0.530. The molecule has 96 valence electrons. The molecule has 0 aliphatic rings. The van der Waals surface area contributed by atoms with Crippen molar-refractivity contribution in [2.24, 2.45) is 0 Å². The van der Waals surface area contributed by atoms with Gasteiger partial charge in [-0.2, -0.15) is 0 Å². The number of anilines is 1. The van der Waals surface area contributed by atoms with Gasteiger partial charge in [-0.15, -0.1) is 0 Å². The van der Waals surface area contributed by atoms with Crippen molar-refractivity contribution in [3.63, 3.8) is 0 Å². The molecule has 0 fully saturated rings. The maximum Gasteiger partial charge on any atom is 0.205 e. The van der Waals surface area contributed by atoms with Crippen LogP contribution in [0.4, 0.5) is 5.95 Å². The second-order valence-corrected chi connectivity index (χ2v) is 6.03. The molecular formula is C15H14IN3. The van der Waals surface area contributed by atoms with Crippen molar-refractivity contribution in [2.45, 2.75) is 13.8 Å². The smallest absolute Gasteiger partial charge is 0.205 e. The molecule has 0 bridgehead atoms. The molecule has 19 heavy (non-hydrogen) atoms. The number of nitrogens with zero attached hydrogens (tertiary/aromatic N) is 2. The first-order valence-electron chi connectivity index (χ1n) is 6.07. The summed E-state index contributed by atoms with van der Waals surface area (Å²) in [4.78, 5) is 4.45. The molecule has 0 aliphatic carbocycles. The van der Waals surface area contributed by atoms with E-state index in [0.717, 1.165) is 20.3 Å². The van der Waals surface area contributed by atoms with Gasteiger partial charge in [0.25, 0.3) is 0 Å². The summed E-state index contributed by atoms with van der Waals surface area (Å²) in [6.07, 6.45) is 0. The highest BCUT2D eigenvalue weighted by Gasteiger charge is 2.10. The number of imidazole rings is 1. The fraction of sp³-hybridized carbons (Fsp3) is 0.133. The van der Waals surface area contributed by atoms with Gasteiger partial charge in [0.15, 0.2) is 0 Å². The van der Waals surface area contributed by atoms with E-state index in [4.69, 9.17) is 5.73 Å². The monoisotopic (exact) mass is 363 g/mol. The van der Waals surface area contributed by atoms with E-state index >= 15 is 0 Å². The first-order chi connectivity index (χ1) is 9.04. The van der Waals surface area contributed by atoms with E-state index in [1.165, 1.54) is 11.1 Å². The number of hydrogen-bond acceptors (Lipinski definition) is 2. The zero-order valence-corrected chi connectivity index (χ0v) is 13.0. The van der Waals surface area contributed by atoms with E-state index in [9.17, 15) is 0 Å². The third-order valence-corrected chi connectivity index (χ3v) is 3.78. The second kappa shape index (κ2) is 4.52. The number of hydrogen-bond donors (Lipinski definition) is 1. The third kappa shape index (κ3) is 2.20. The third-order valence-electron chi connectivity index (χ3n) is 3.11. The molecule has 3 aromatic rings. The number of aromatic nitrogens is 2. The second-order valence-electron chi connectivity index (χ2n) is 4.78. The van der Waals surface area contributed by atoms with Gasteiger partial charge in [-0.05, 0) is 77.9 Å². The molecular weight excluding hydrogens is 349 g/mol. The molecule has 1 heterocycles. The van der Waals surface area contributed by atoms with Gasteiger partial charge < -0.3 is 5.73 Å². The van der Waals surface area contributed by atoms with Crippen molar-refractivity contribution in [2.75, 3.05) is 5.73 Å². The van der Waals surface area contributed by atoms with Crippen LogP contribution in [0, 0.1) is 17.4 Å². The van der Waals surface area contributed by atoms with Crippen LogP contribution in [0.1, 0.15) is 11.1 Å². The van der Waals surface area contributed by atoms with Crippen LogP contribution in [0.15, 0.2) is 36.4 Å². The lowest BCUT2D eigenvalue weighted by molar-refractivity contribution is 1.10. The minimum Gasteiger partial charge on any atom is -0.369 e. The van der Waals surface area contributed by atoms with Crippen LogP contribution >= 0.6 is 22.6 Å². The van der Waals surface area contributed by atoms with Crippen molar-refractivity contribution in [3.05, 3.63) is 51.1 Å². The summed E-state index contributed by atoms with van der Waals surface area (Å²) in [5, 5.41) is 0. The summed E-state index contributed by atoms with van der Waals surface area (Å²) in [7, 11) is 0. The number of rotatable bonds is 1. The Labute approximate surface area is 125 Å². The molecule has 0 amide bonds. The van der Waals surface area contributed by atoms with Gasteiger partial charge in [0, 0.05) is 9.26 Å². The number of fused-ring (bicyclic) bond motifs is 1. The average Bonchev–Trinajstić information content (AvgIpc) is 2.62. The maximum atomic E-state index is 6.08. The highest BCUT2D eigenvalue weighted by Crippen LogP contribution is 2.25. The van der Waals surface area contributed by atoms with Crippen molar-refractivity contribution in [3.8, 4) is 5.69 Å². The van der Waals surface area contributed by atoms with Crippen molar-refractivity contribution in [1.82, 2.24) is 9.55 Å². The van der Waals surface area contributed by atoms with Gasteiger partial charge in [-0.1, -0.05) is 6.07 Å². The first-order valence-corrected chi connectivity index (χ1v) is 7.14. The SMILES string of the molecule is Cc1cc(C)cc(-n2c(N)nc3cc(I)ccc32)c1. The first kappa shape index (κ1) is 12.5. The van der Waals surface area contributed by atoms with Gasteiger partial charge in [0.2, 0.25) is 5.95 Å². The molecule has 0 atom stereocenters. The molecule has 0 aliphatic heterocycles. The molecule has 4 heteroatoms. The Hall–Kier alpha value is -1.56. The van der Waals surface area contributed by atoms with Crippen LogP contribution in [0.3, 0.4) is 0 Å². The molecule has 0 unspecified atom stereocenters. The number of nitrogens with two attached hydrogens (primary N) is 1. The Morgan fingerprint density at radius 3 is 2.42 bits per heavy atom. The predicted octanol–water partition coefficient (Wildman–Crippen LogP) is 3.83. The lowest BCUT2D eigenvalue weighted by Crippen LogP contribution is -2.01. The summed E-state index contributed by atoms with van der Waals surface area (Å²) in [6.45, 7) is 4.18. The van der Waals surface area contributed by atoms with E-state index < -0.39 is 0 Å². The summed E-state index contributed by atoms with van der Waals surface area (Å²) in [6, 6.07) is 12.6. The average molecular weight is 363 g/mol. The number of aryl methyl sites for hydroxylation is 2. The number of benzene rings is 2. The molecule has 0 spiro atoms. The van der Waals surface area contributed by atoms with Crippen LogP contribution in [-0.2, 0) is 0 Å². The predicted molar refractivity (Wildman–Crippen MR) is 87.7 cm³/mol. The van der Waals surface area contributed by atoms with Gasteiger partial charge in [-0.25, -0.2) is 4.98 Å². The normalized spacial score (nSPS) is 11.1. The molecule has 0 saturated carbocycles. The maximum absolute atomic E-state index is 6.08. The Bertz CT molecular complexity index is 754. The lowest BCUT2D eigenvalue weighted by atomic mass is 10.1. The fourth-order valence-electron chi connectivity index (χ4n) is 2.42. The van der Waals surface area contributed by atoms with E-state index in [-0.39, 0.29) is 0 Å². The lowest BCUT2D eigenvalue weighted by Gasteiger charge is -2.09.